The largest absolute Gasteiger partial charge is 0.121 e. The van der Waals surface area contributed by atoms with E-state index in [1.54, 1.807) is 0 Å². The summed E-state index contributed by atoms with van der Waals surface area (Å²) in [7, 11) is 0. The Labute approximate surface area is 56.2 Å². The fraction of sp³-hybridized carbons (Fsp3) is 0.857. The van der Waals surface area contributed by atoms with Crippen molar-refractivity contribution in [3.63, 3.8) is 0 Å². The Morgan fingerprint density at radius 2 is 1.75 bits per heavy atom. The van der Waals surface area contributed by atoms with Gasteiger partial charge in [0.1, 0.15) is 0 Å². The minimum atomic E-state index is 0.727. The third-order valence-electron chi connectivity index (χ3n) is 1.83. The lowest BCUT2D eigenvalue weighted by Crippen LogP contribution is -2.03. The monoisotopic (exact) mass is 131 g/mol. The van der Waals surface area contributed by atoms with Crippen LogP contribution in [0.3, 0.4) is 0 Å². The van der Waals surface area contributed by atoms with Gasteiger partial charge in [-0.3, -0.25) is 0 Å². The molecule has 0 aromatic rings. The van der Waals surface area contributed by atoms with Crippen LogP contribution in [-0.4, -0.2) is 0 Å². The Balaban J connectivity index is 2.13. The Morgan fingerprint density at radius 3 is 2.12 bits per heavy atom. The molecule has 1 radical (unpaired) electrons. The van der Waals surface area contributed by atoms with Gasteiger partial charge in [-0.25, -0.2) is 0 Å². The zero-order valence-corrected chi connectivity index (χ0v) is 5.82. The van der Waals surface area contributed by atoms with Crippen molar-refractivity contribution in [3.8, 4) is 0 Å². The first kappa shape index (κ1) is 6.41. The maximum absolute atomic E-state index is 5.56. The Morgan fingerprint density at radius 1 is 1.12 bits per heavy atom. The predicted molar refractivity (Wildman–Crippen MR) is 36.7 cm³/mol. The molecule has 0 nitrogen and oxygen atoms in total. The molecule has 0 heterocycles. The predicted octanol–water partition coefficient (Wildman–Crippen LogP) is 2.97. The molecule has 0 saturated heterocycles. The fourth-order valence-corrected chi connectivity index (χ4v) is 1.51. The molecule has 1 saturated carbocycles. The van der Waals surface area contributed by atoms with Crippen LogP contribution >= 0.6 is 11.6 Å². The van der Waals surface area contributed by atoms with Crippen molar-refractivity contribution in [1.82, 2.24) is 0 Å². The van der Waals surface area contributed by atoms with Crippen LogP contribution in [0.1, 0.15) is 32.1 Å². The van der Waals surface area contributed by atoms with Crippen LogP contribution in [0.4, 0.5) is 0 Å². The van der Waals surface area contributed by atoms with Crippen molar-refractivity contribution in [2.24, 2.45) is 5.92 Å². The van der Waals surface area contributed by atoms with E-state index in [-0.39, 0.29) is 0 Å². The molecule has 1 aliphatic carbocycles. The molecule has 8 heavy (non-hydrogen) atoms. The molecule has 0 amide bonds. The summed E-state index contributed by atoms with van der Waals surface area (Å²) < 4.78 is 0. The van der Waals surface area contributed by atoms with E-state index in [1.165, 1.54) is 32.1 Å². The SMILES string of the molecule is Cl[CH]C1CCCCC1. The molecule has 1 fully saturated rings. The second kappa shape index (κ2) is 3.34. The maximum Gasteiger partial charge on any atom is 0.0530 e. The number of rotatable bonds is 1. The van der Waals surface area contributed by atoms with E-state index < -0.39 is 0 Å². The zero-order valence-electron chi connectivity index (χ0n) is 5.07. The molecular formula is C7H12Cl. The van der Waals surface area contributed by atoms with Gasteiger partial charge >= 0.3 is 0 Å². The molecule has 0 atom stereocenters. The average molecular weight is 132 g/mol. The van der Waals surface area contributed by atoms with Crippen LogP contribution < -0.4 is 0 Å². The summed E-state index contributed by atoms with van der Waals surface area (Å²) in [4.78, 5) is 0. The van der Waals surface area contributed by atoms with E-state index >= 15 is 0 Å². The lowest BCUT2D eigenvalue weighted by atomic mass is 9.91. The van der Waals surface area contributed by atoms with Gasteiger partial charge in [-0.15, -0.1) is 11.6 Å². The highest BCUT2D eigenvalue weighted by Gasteiger charge is 2.11. The summed E-state index contributed by atoms with van der Waals surface area (Å²) in [6.45, 7) is 0. The van der Waals surface area contributed by atoms with E-state index in [1.807, 2.05) is 5.88 Å². The summed E-state index contributed by atoms with van der Waals surface area (Å²) in [5, 5.41) is 0. The molecular weight excluding hydrogens is 120 g/mol. The Bertz CT molecular complexity index is 55.4. The van der Waals surface area contributed by atoms with E-state index in [0.717, 1.165) is 5.92 Å². The van der Waals surface area contributed by atoms with Gasteiger partial charge < -0.3 is 0 Å². The lowest BCUT2D eigenvalue weighted by molar-refractivity contribution is 0.411. The number of hydrogen-bond acceptors (Lipinski definition) is 0. The molecule has 1 rings (SSSR count). The lowest BCUT2D eigenvalue weighted by Gasteiger charge is -2.17. The van der Waals surface area contributed by atoms with Crippen molar-refractivity contribution >= 4 is 11.6 Å². The van der Waals surface area contributed by atoms with Crippen molar-refractivity contribution in [1.29, 1.82) is 0 Å². The van der Waals surface area contributed by atoms with Gasteiger partial charge in [0, 0.05) is 0 Å². The van der Waals surface area contributed by atoms with E-state index in [2.05, 4.69) is 0 Å². The van der Waals surface area contributed by atoms with Crippen molar-refractivity contribution in [3.05, 3.63) is 5.88 Å². The van der Waals surface area contributed by atoms with Crippen LogP contribution in [0.2, 0.25) is 0 Å². The molecule has 0 aromatic carbocycles. The van der Waals surface area contributed by atoms with Crippen LogP contribution in [-0.2, 0) is 0 Å². The summed E-state index contributed by atoms with van der Waals surface area (Å²) in [6, 6.07) is 0. The maximum atomic E-state index is 5.56. The first-order valence-electron chi connectivity index (χ1n) is 3.37. The molecule has 1 heteroatoms. The van der Waals surface area contributed by atoms with Crippen molar-refractivity contribution in [2.75, 3.05) is 0 Å². The molecule has 0 unspecified atom stereocenters. The summed E-state index contributed by atoms with van der Waals surface area (Å²) in [5.74, 6) is 2.56. The normalized spacial score (nSPS) is 23.6. The van der Waals surface area contributed by atoms with Crippen LogP contribution in [0.25, 0.3) is 0 Å². The first-order chi connectivity index (χ1) is 3.93. The molecule has 0 bridgehead atoms. The highest BCUT2D eigenvalue weighted by Crippen LogP contribution is 2.26. The average Bonchev–Trinajstić information content (AvgIpc) is 1.90. The van der Waals surface area contributed by atoms with Crippen LogP contribution in [0.15, 0.2) is 0 Å². The highest BCUT2D eigenvalue weighted by molar-refractivity contribution is 6.23. The minimum absolute atomic E-state index is 0.727. The molecule has 0 aromatic heterocycles. The highest BCUT2D eigenvalue weighted by atomic mass is 35.5. The van der Waals surface area contributed by atoms with E-state index in [0.29, 0.717) is 0 Å². The molecule has 0 aliphatic heterocycles. The van der Waals surface area contributed by atoms with Gasteiger partial charge in [0.15, 0.2) is 0 Å². The second-order valence-electron chi connectivity index (χ2n) is 2.52. The number of halogens is 1. The molecule has 0 spiro atoms. The van der Waals surface area contributed by atoms with Gasteiger partial charge in [-0.2, -0.15) is 0 Å². The Kier molecular flexibility index (Phi) is 2.68. The first-order valence-corrected chi connectivity index (χ1v) is 3.80. The minimum Gasteiger partial charge on any atom is -0.121 e. The van der Waals surface area contributed by atoms with E-state index in [4.69, 9.17) is 11.6 Å². The second-order valence-corrected chi connectivity index (χ2v) is 2.78. The molecule has 47 valence electrons. The summed E-state index contributed by atoms with van der Waals surface area (Å²) >= 11 is 5.56. The zero-order chi connectivity index (χ0) is 5.82. The van der Waals surface area contributed by atoms with Crippen molar-refractivity contribution < 1.29 is 0 Å². The van der Waals surface area contributed by atoms with E-state index in [9.17, 15) is 0 Å². The third-order valence-corrected chi connectivity index (χ3v) is 2.18. The molecule has 0 N–H and O–H groups in total. The summed E-state index contributed by atoms with van der Waals surface area (Å²) in [6.07, 6.45) is 6.83. The summed E-state index contributed by atoms with van der Waals surface area (Å²) in [5.41, 5.74) is 0. The number of hydrogen-bond donors (Lipinski definition) is 0. The van der Waals surface area contributed by atoms with Gasteiger partial charge in [0.25, 0.3) is 0 Å². The standard InChI is InChI=1S/C7H12Cl/c8-6-7-4-2-1-3-5-7/h6-7H,1-5H2. The smallest absolute Gasteiger partial charge is 0.0530 e. The van der Waals surface area contributed by atoms with Gasteiger partial charge in [-0.05, 0) is 18.8 Å². The Hall–Kier alpha value is 0.290. The van der Waals surface area contributed by atoms with Gasteiger partial charge in [0.2, 0.25) is 0 Å². The van der Waals surface area contributed by atoms with Crippen molar-refractivity contribution in [2.45, 2.75) is 32.1 Å². The van der Waals surface area contributed by atoms with Gasteiger partial charge in [0.05, 0.1) is 5.88 Å². The molecule has 1 aliphatic rings. The fourth-order valence-electron chi connectivity index (χ4n) is 1.26. The van der Waals surface area contributed by atoms with Gasteiger partial charge in [-0.1, -0.05) is 19.3 Å². The quantitative estimate of drug-likeness (QED) is 0.513. The third kappa shape index (κ3) is 1.66. The van der Waals surface area contributed by atoms with Crippen LogP contribution in [0.5, 0.6) is 0 Å². The van der Waals surface area contributed by atoms with Crippen LogP contribution in [0, 0.1) is 11.8 Å². The topological polar surface area (TPSA) is 0 Å².